The number of nitrogens with one attached hydrogen (secondary N) is 2. The van der Waals surface area contributed by atoms with E-state index in [1.807, 2.05) is 48.5 Å². The van der Waals surface area contributed by atoms with Crippen LogP contribution in [0.2, 0.25) is 0 Å². The van der Waals surface area contributed by atoms with Crippen molar-refractivity contribution in [2.45, 2.75) is 5.60 Å². The number of nitrogens with zero attached hydrogens (tertiary/aromatic N) is 2. The van der Waals surface area contributed by atoms with Crippen LogP contribution in [0.15, 0.2) is 127 Å². The fraction of sp³-hybridized carbons (Fsp3) is 0.188. The molecule has 2 fully saturated rings. The van der Waals surface area contributed by atoms with Gasteiger partial charge in [-0.25, -0.2) is 9.59 Å². The molecule has 4 aliphatic heterocycles. The van der Waals surface area contributed by atoms with Crippen LogP contribution in [0.1, 0.15) is 53.3 Å². The van der Waals surface area contributed by atoms with Gasteiger partial charge in [-0.1, -0.05) is 42.5 Å². The predicted molar refractivity (Wildman–Crippen MR) is 231 cm³/mol. The molecule has 0 amide bonds. The number of ether oxygens (including phenoxy) is 2. The first-order valence-corrected chi connectivity index (χ1v) is 20.1. The molecular formula is C48H44N4O10. The zero-order valence-electron chi connectivity index (χ0n) is 33.5. The van der Waals surface area contributed by atoms with Crippen LogP contribution in [0.25, 0.3) is 0 Å². The Morgan fingerprint density at radius 1 is 0.548 bits per heavy atom. The molecule has 0 aromatic heterocycles. The number of hydrogen-bond acceptors (Lipinski definition) is 13. The largest absolute Gasteiger partial charge is 0.508 e. The summed E-state index contributed by atoms with van der Waals surface area (Å²) in [5, 5.41) is 53.8. The van der Waals surface area contributed by atoms with Crippen molar-refractivity contribution in [2.24, 2.45) is 0 Å². The maximum Gasteiger partial charge on any atom is 0.340 e. The summed E-state index contributed by atoms with van der Waals surface area (Å²) in [5.41, 5.74) is 3.71. The highest BCUT2D eigenvalue weighted by atomic mass is 16.6. The number of piperazine rings is 2. The summed E-state index contributed by atoms with van der Waals surface area (Å²) in [4.78, 5) is 40.6. The zero-order valence-corrected chi connectivity index (χ0v) is 33.5. The number of carboxylic acids is 1. The van der Waals surface area contributed by atoms with Crippen LogP contribution >= 0.6 is 0 Å². The number of phenols is 4. The van der Waals surface area contributed by atoms with Crippen molar-refractivity contribution in [3.8, 4) is 34.5 Å². The van der Waals surface area contributed by atoms with E-state index < -0.39 is 23.1 Å². The van der Waals surface area contributed by atoms with Gasteiger partial charge in [0.15, 0.2) is 11.4 Å². The van der Waals surface area contributed by atoms with Crippen LogP contribution in [-0.4, -0.2) is 95.6 Å². The van der Waals surface area contributed by atoms with Gasteiger partial charge in [0.2, 0.25) is 0 Å². The van der Waals surface area contributed by atoms with Crippen molar-refractivity contribution < 1.29 is 49.4 Å². The molecule has 1 atom stereocenters. The van der Waals surface area contributed by atoms with Gasteiger partial charge in [0.05, 0.1) is 16.7 Å². The highest BCUT2D eigenvalue weighted by molar-refractivity contribution is 6.15. The first-order chi connectivity index (χ1) is 30.0. The summed E-state index contributed by atoms with van der Waals surface area (Å²) in [5.74, 6) is -1.20. The van der Waals surface area contributed by atoms with E-state index in [1.54, 1.807) is 30.3 Å². The normalized spacial score (nSPS) is 17.1. The van der Waals surface area contributed by atoms with Gasteiger partial charge in [-0.05, 0) is 60.7 Å². The number of carboxylic acid groups (broad SMARTS) is 1. The number of anilines is 2. The van der Waals surface area contributed by atoms with E-state index in [4.69, 9.17) is 19.7 Å². The minimum Gasteiger partial charge on any atom is -0.508 e. The predicted octanol–water partition coefficient (Wildman–Crippen LogP) is 6.20. The minimum absolute atomic E-state index is 0.0176. The highest BCUT2D eigenvalue weighted by Gasteiger charge is 2.53. The van der Waals surface area contributed by atoms with Crippen molar-refractivity contribution in [1.29, 1.82) is 0 Å². The fourth-order valence-electron chi connectivity index (χ4n) is 8.11. The quantitative estimate of drug-likeness (QED) is 0.0765. The van der Waals surface area contributed by atoms with Crippen molar-refractivity contribution >= 4 is 29.1 Å². The third-order valence-corrected chi connectivity index (χ3v) is 11.1. The molecule has 6 aromatic rings. The van der Waals surface area contributed by atoms with Crippen molar-refractivity contribution in [1.82, 2.24) is 10.6 Å². The number of aromatic carboxylic acids is 1. The van der Waals surface area contributed by atoms with Crippen LogP contribution in [0.4, 0.5) is 11.4 Å². The second kappa shape index (κ2) is 17.6. The summed E-state index contributed by atoms with van der Waals surface area (Å²) in [6, 6.07) is 35.1. The van der Waals surface area contributed by atoms with E-state index >= 15 is 0 Å². The second-order valence-electron chi connectivity index (χ2n) is 15.0. The Bertz CT molecular complexity index is 2660. The van der Waals surface area contributed by atoms with Gasteiger partial charge in [0.1, 0.15) is 34.5 Å². The molecule has 316 valence electrons. The molecule has 7 N–H and O–H groups in total. The molecule has 6 aromatic carbocycles. The van der Waals surface area contributed by atoms with Crippen molar-refractivity contribution in [3.63, 3.8) is 0 Å². The molecule has 4 heterocycles. The molecule has 14 nitrogen and oxygen atoms in total. The Balaban J connectivity index is 0.000000141. The Morgan fingerprint density at radius 3 is 1.77 bits per heavy atom. The lowest BCUT2D eigenvalue weighted by atomic mass is 9.77. The number of rotatable bonds is 5. The Hall–Kier alpha value is -7.55. The first kappa shape index (κ1) is 41.2. The fourth-order valence-corrected chi connectivity index (χ4v) is 8.11. The number of aromatic hydroxyl groups is 4. The van der Waals surface area contributed by atoms with Gasteiger partial charge in [-0.15, -0.1) is 0 Å². The van der Waals surface area contributed by atoms with Crippen molar-refractivity contribution in [3.05, 3.63) is 166 Å². The molecule has 1 spiro atoms. The summed E-state index contributed by atoms with van der Waals surface area (Å²) in [6.45, 7) is 7.78. The van der Waals surface area contributed by atoms with Crippen LogP contribution < -0.4 is 25.2 Å². The van der Waals surface area contributed by atoms with Gasteiger partial charge >= 0.3 is 11.9 Å². The van der Waals surface area contributed by atoms with Gasteiger partial charge < -0.3 is 55.4 Å². The molecule has 0 radical (unpaired) electrons. The van der Waals surface area contributed by atoms with Gasteiger partial charge in [0.25, 0.3) is 0 Å². The summed E-state index contributed by atoms with van der Waals surface area (Å²) < 4.78 is 12.3. The lowest BCUT2D eigenvalue weighted by molar-refractivity contribution is 0.0224. The second-order valence-corrected chi connectivity index (χ2v) is 15.0. The highest BCUT2D eigenvalue weighted by Crippen LogP contribution is 2.57. The number of benzene rings is 6. The van der Waals surface area contributed by atoms with E-state index in [0.29, 0.717) is 28.4 Å². The Labute approximate surface area is 356 Å². The first-order valence-electron chi connectivity index (χ1n) is 20.1. The van der Waals surface area contributed by atoms with Crippen molar-refractivity contribution in [2.75, 3.05) is 62.2 Å². The Morgan fingerprint density at radius 2 is 1.11 bits per heavy atom. The summed E-state index contributed by atoms with van der Waals surface area (Å²) in [7, 11) is 0. The molecule has 10 rings (SSSR count). The maximum atomic E-state index is 12.8. The monoisotopic (exact) mass is 836 g/mol. The molecule has 62 heavy (non-hydrogen) atoms. The van der Waals surface area contributed by atoms with E-state index in [0.717, 1.165) is 80.9 Å². The van der Waals surface area contributed by atoms with E-state index in [9.17, 15) is 29.7 Å². The van der Waals surface area contributed by atoms with E-state index in [1.165, 1.54) is 36.4 Å². The topological polar surface area (TPSA) is 201 Å². The van der Waals surface area contributed by atoms with Crippen LogP contribution in [0.5, 0.6) is 34.5 Å². The number of carbonyl (C=O) groups is 3. The maximum absolute atomic E-state index is 12.8. The minimum atomic E-state index is -1.22. The van der Waals surface area contributed by atoms with Gasteiger partial charge in [-0.3, -0.25) is 4.79 Å². The zero-order chi connectivity index (χ0) is 43.4. The molecule has 0 saturated carbocycles. The lowest BCUT2D eigenvalue weighted by Gasteiger charge is -2.37. The van der Waals surface area contributed by atoms with Crippen LogP contribution in [-0.2, 0) is 10.3 Å². The number of phenolic OH excluding ortho intramolecular Hbond substituents is 4. The lowest BCUT2D eigenvalue weighted by Crippen LogP contribution is -2.43. The number of hydrogen-bond donors (Lipinski definition) is 7. The number of ketones is 1. The third kappa shape index (κ3) is 8.16. The molecule has 0 aliphatic carbocycles. The Kier molecular flexibility index (Phi) is 11.7. The molecule has 2 saturated heterocycles. The van der Waals surface area contributed by atoms with E-state index in [2.05, 4.69) is 26.5 Å². The SMILES string of the molecule is O=C(O)c1ccccc1C(=O)c1ccc(O)cc1O.O=C1OC2(c3ccc(O)cc3Oc3cc(N4CCNCC4)ccc32)c2ccccc21.Oc1cccc(N2CCNCC2)c1. The molecule has 0 bridgehead atoms. The summed E-state index contributed by atoms with van der Waals surface area (Å²) >= 11 is 0. The van der Waals surface area contributed by atoms with Crippen LogP contribution in [0, 0.1) is 0 Å². The molecule has 1 unspecified atom stereocenters. The average molecular weight is 837 g/mol. The number of esters is 1. The van der Waals surface area contributed by atoms with E-state index in [-0.39, 0.29) is 34.2 Å². The smallest absolute Gasteiger partial charge is 0.340 e. The number of fused-ring (bicyclic) bond motifs is 6. The molecular weight excluding hydrogens is 793 g/mol. The average Bonchev–Trinajstić information content (AvgIpc) is 3.58. The van der Waals surface area contributed by atoms with Gasteiger partial charge in [-0.2, -0.15) is 0 Å². The third-order valence-electron chi connectivity index (χ3n) is 11.1. The van der Waals surface area contributed by atoms with Crippen LogP contribution in [0.3, 0.4) is 0 Å². The van der Waals surface area contributed by atoms with Gasteiger partial charge in [0, 0.05) is 110 Å². The molecule has 4 aliphatic rings. The standard InChI is InChI=1S/C24H20N2O4.C14H10O5.C10H14N2O/c27-16-6-8-20-22(14-16)29-21-13-15(26-11-9-25-10-12-26)5-7-19(21)24(20)18-4-2-1-3-17(18)23(28)30-24;15-8-5-6-11(12(16)7-8)13(17)9-3-1-2-4-10(9)14(18)19;13-10-3-1-2-9(8-10)12-6-4-11-5-7-12/h1-8,13-14,25,27H,9-12H2;1-7,15-16H,(H,18,19);1-3,8,11,13H,4-7H2. The summed E-state index contributed by atoms with van der Waals surface area (Å²) in [6.07, 6.45) is 0. The number of carbonyl (C=O) groups excluding carboxylic acids is 2. The molecule has 14 heteroatoms.